The fourth-order valence-electron chi connectivity index (χ4n) is 1.29. The third-order valence-corrected chi connectivity index (χ3v) is 2.76. The van der Waals surface area contributed by atoms with Crippen LogP contribution in [0.3, 0.4) is 0 Å². The topological polar surface area (TPSA) is 52.6 Å². The first-order chi connectivity index (χ1) is 9.38. The molecule has 0 aliphatic carbocycles. The molecule has 0 spiro atoms. The van der Waals surface area contributed by atoms with E-state index in [1.807, 2.05) is 6.92 Å². The average Bonchev–Trinajstić information content (AvgIpc) is 2.37. The van der Waals surface area contributed by atoms with E-state index in [2.05, 4.69) is 0 Å². The minimum absolute atomic E-state index is 0.108. The Hall–Kier alpha value is -0.970. The Morgan fingerprint density at radius 2 is 1.85 bits per heavy atom. The lowest BCUT2D eigenvalue weighted by Crippen LogP contribution is -2.14. The van der Waals surface area contributed by atoms with Crippen LogP contribution in [0.25, 0.3) is 0 Å². The Labute approximate surface area is 131 Å². The highest BCUT2D eigenvalue weighted by Crippen LogP contribution is 2.25. The Morgan fingerprint density at radius 1 is 1.20 bits per heavy atom. The highest BCUT2D eigenvalue weighted by atomic mass is 35.5. The van der Waals surface area contributed by atoms with Crippen molar-refractivity contribution >= 4 is 46.7 Å². The van der Waals surface area contributed by atoms with Gasteiger partial charge in [-0.25, -0.2) is 0 Å². The summed E-state index contributed by atoms with van der Waals surface area (Å²) in [6.45, 7) is 1.76. The summed E-state index contributed by atoms with van der Waals surface area (Å²) in [4.78, 5) is 22.0. The number of ether oxygens (including phenoxy) is 2. The monoisotopic (exact) mass is 338 g/mol. The van der Waals surface area contributed by atoms with Gasteiger partial charge in [-0.05, 0) is 24.6 Å². The highest BCUT2D eigenvalue weighted by Gasteiger charge is 2.12. The van der Waals surface area contributed by atoms with E-state index in [0.717, 1.165) is 5.56 Å². The van der Waals surface area contributed by atoms with Crippen molar-refractivity contribution in [3.63, 3.8) is 0 Å². The smallest absolute Gasteiger partial charge is 0.311 e. The van der Waals surface area contributed by atoms with Crippen LogP contribution in [0, 0.1) is 6.92 Å². The van der Waals surface area contributed by atoms with Crippen LogP contribution in [0.1, 0.15) is 18.4 Å². The van der Waals surface area contributed by atoms with Crippen molar-refractivity contribution in [3.8, 4) is 5.75 Å². The molecule has 1 aromatic carbocycles. The molecule has 20 heavy (non-hydrogen) atoms. The zero-order chi connectivity index (χ0) is 15.1. The average molecular weight is 340 g/mol. The van der Waals surface area contributed by atoms with Gasteiger partial charge in [0.15, 0.2) is 0 Å². The molecule has 0 bridgehead atoms. The number of rotatable bonds is 6. The van der Waals surface area contributed by atoms with Crippen molar-refractivity contribution in [3.05, 3.63) is 28.8 Å². The minimum atomic E-state index is -0.780. The third kappa shape index (κ3) is 6.46. The first-order valence-electron chi connectivity index (χ1n) is 5.79. The summed E-state index contributed by atoms with van der Waals surface area (Å²) in [5.74, 6) is -0.874. The lowest BCUT2D eigenvalue weighted by molar-refractivity contribution is -0.146. The molecule has 0 radical (unpaired) electrons. The minimum Gasteiger partial charge on any atom is -0.463 e. The molecule has 0 aromatic heterocycles. The number of esters is 2. The number of benzene rings is 1. The lowest BCUT2D eigenvalue weighted by atomic mass is 10.2. The van der Waals surface area contributed by atoms with E-state index in [1.54, 1.807) is 18.2 Å². The standard InChI is InChI=1S/C13H13Cl3O4/c1-8-2-3-10(9(14)6-8)20-13(18)5-4-12(17)19-7-11(15)16/h2-3,6,11H,4-5,7H2,1H3. The van der Waals surface area contributed by atoms with Gasteiger partial charge in [-0.1, -0.05) is 17.7 Å². The third-order valence-electron chi connectivity index (χ3n) is 2.21. The van der Waals surface area contributed by atoms with Gasteiger partial charge in [0.05, 0.1) is 17.9 Å². The van der Waals surface area contributed by atoms with Crippen molar-refractivity contribution in [2.24, 2.45) is 0 Å². The SMILES string of the molecule is Cc1ccc(OC(=O)CCC(=O)OCC(Cl)Cl)c(Cl)c1. The second kappa shape index (κ2) is 8.35. The van der Waals surface area contributed by atoms with Crippen molar-refractivity contribution in [1.82, 2.24) is 0 Å². The summed E-state index contributed by atoms with van der Waals surface area (Å²) >= 11 is 16.7. The summed E-state index contributed by atoms with van der Waals surface area (Å²) in [6.07, 6.45) is -0.221. The number of hydrogen-bond acceptors (Lipinski definition) is 4. The van der Waals surface area contributed by atoms with Gasteiger partial charge in [0.25, 0.3) is 0 Å². The summed E-state index contributed by atoms with van der Waals surface area (Å²) in [7, 11) is 0. The molecule has 7 heteroatoms. The summed E-state index contributed by atoms with van der Waals surface area (Å²) in [5, 5.41) is 0.341. The summed E-state index contributed by atoms with van der Waals surface area (Å²) < 4.78 is 9.75. The van der Waals surface area contributed by atoms with E-state index < -0.39 is 16.8 Å². The molecule has 4 nitrogen and oxygen atoms in total. The number of aryl methyl sites for hydroxylation is 1. The van der Waals surface area contributed by atoms with Crippen LogP contribution >= 0.6 is 34.8 Å². The molecule has 1 rings (SSSR count). The van der Waals surface area contributed by atoms with Crippen molar-refractivity contribution in [2.75, 3.05) is 6.61 Å². The van der Waals surface area contributed by atoms with Crippen LogP contribution in [-0.4, -0.2) is 23.4 Å². The Bertz CT molecular complexity index is 489. The Balaban J connectivity index is 2.38. The molecule has 1 aromatic rings. The number of hydrogen-bond donors (Lipinski definition) is 0. The number of carbonyl (C=O) groups excluding carboxylic acids is 2. The fraction of sp³-hybridized carbons (Fsp3) is 0.385. The predicted octanol–water partition coefficient (Wildman–Crippen LogP) is 3.68. The largest absolute Gasteiger partial charge is 0.463 e. The van der Waals surface area contributed by atoms with E-state index in [0.29, 0.717) is 5.02 Å². The van der Waals surface area contributed by atoms with E-state index in [1.165, 1.54) is 0 Å². The molecular weight excluding hydrogens is 326 g/mol. The van der Waals surface area contributed by atoms with Gasteiger partial charge in [0, 0.05) is 0 Å². The van der Waals surface area contributed by atoms with Crippen LogP contribution in [0.4, 0.5) is 0 Å². The normalized spacial score (nSPS) is 10.4. The van der Waals surface area contributed by atoms with Gasteiger partial charge in [-0.3, -0.25) is 9.59 Å². The number of halogens is 3. The van der Waals surface area contributed by atoms with Gasteiger partial charge in [0.2, 0.25) is 0 Å². The highest BCUT2D eigenvalue weighted by molar-refractivity contribution is 6.44. The molecule has 0 amide bonds. The maximum absolute atomic E-state index is 11.6. The zero-order valence-electron chi connectivity index (χ0n) is 10.7. The van der Waals surface area contributed by atoms with Crippen LogP contribution < -0.4 is 4.74 Å². The van der Waals surface area contributed by atoms with Crippen LogP contribution in [0.2, 0.25) is 5.02 Å². The van der Waals surface area contributed by atoms with E-state index in [-0.39, 0.29) is 25.2 Å². The first-order valence-corrected chi connectivity index (χ1v) is 7.04. The molecule has 110 valence electrons. The van der Waals surface area contributed by atoms with Gasteiger partial charge >= 0.3 is 11.9 Å². The fourth-order valence-corrected chi connectivity index (χ4v) is 1.69. The molecule has 0 atom stereocenters. The molecular formula is C13H13Cl3O4. The molecule has 0 aliphatic rings. The second-order valence-corrected chi connectivity index (χ2v) is 5.67. The van der Waals surface area contributed by atoms with Crippen molar-refractivity contribution in [1.29, 1.82) is 0 Å². The quantitative estimate of drug-likeness (QED) is 0.451. The van der Waals surface area contributed by atoms with Gasteiger partial charge in [-0.15, -0.1) is 23.2 Å². The maximum atomic E-state index is 11.6. The molecule has 0 aliphatic heterocycles. The van der Waals surface area contributed by atoms with Crippen molar-refractivity contribution < 1.29 is 19.1 Å². The molecule has 0 saturated carbocycles. The zero-order valence-corrected chi connectivity index (χ0v) is 13.0. The first kappa shape index (κ1) is 17.1. The second-order valence-electron chi connectivity index (χ2n) is 3.98. The van der Waals surface area contributed by atoms with E-state index in [9.17, 15) is 9.59 Å². The van der Waals surface area contributed by atoms with Crippen LogP contribution in [0.15, 0.2) is 18.2 Å². The Morgan fingerprint density at radius 3 is 2.45 bits per heavy atom. The molecule has 0 N–H and O–H groups in total. The van der Waals surface area contributed by atoms with Crippen LogP contribution in [-0.2, 0) is 14.3 Å². The number of carbonyl (C=O) groups is 2. The molecule has 0 fully saturated rings. The molecule has 0 saturated heterocycles. The molecule has 0 heterocycles. The van der Waals surface area contributed by atoms with E-state index >= 15 is 0 Å². The van der Waals surface area contributed by atoms with Gasteiger partial charge < -0.3 is 9.47 Å². The summed E-state index contributed by atoms with van der Waals surface area (Å²) in [5.41, 5.74) is 0.954. The molecule has 0 unspecified atom stereocenters. The predicted molar refractivity (Wildman–Crippen MR) is 77.5 cm³/mol. The van der Waals surface area contributed by atoms with Crippen LogP contribution in [0.5, 0.6) is 5.75 Å². The van der Waals surface area contributed by atoms with E-state index in [4.69, 9.17) is 44.3 Å². The van der Waals surface area contributed by atoms with Gasteiger partial charge in [-0.2, -0.15) is 0 Å². The Kier molecular flexibility index (Phi) is 7.13. The lowest BCUT2D eigenvalue weighted by Gasteiger charge is -2.07. The summed E-state index contributed by atoms with van der Waals surface area (Å²) in [6, 6.07) is 5.04. The number of alkyl halides is 2. The van der Waals surface area contributed by atoms with Gasteiger partial charge in [0.1, 0.15) is 17.2 Å². The maximum Gasteiger partial charge on any atom is 0.311 e. The van der Waals surface area contributed by atoms with Crippen molar-refractivity contribution in [2.45, 2.75) is 24.6 Å².